The van der Waals surface area contributed by atoms with Gasteiger partial charge < -0.3 is 26.0 Å². The van der Waals surface area contributed by atoms with Crippen molar-refractivity contribution < 1.29 is 19.5 Å². The van der Waals surface area contributed by atoms with Crippen LogP contribution in [0.15, 0.2) is 30.3 Å². The lowest BCUT2D eigenvalue weighted by Gasteiger charge is -2.33. The van der Waals surface area contributed by atoms with Crippen LogP contribution in [-0.2, 0) is 4.79 Å². The molecule has 1 aromatic heterocycles. The Morgan fingerprint density at radius 3 is 2.22 bits per heavy atom. The Kier molecular flexibility index (Phi) is 9.19. The Labute approximate surface area is 218 Å². The smallest absolute Gasteiger partial charge is 0.404 e. The first-order valence-corrected chi connectivity index (χ1v) is 13.5. The van der Waals surface area contributed by atoms with E-state index >= 15 is 0 Å². The SMILES string of the molecule is CC(=O)NCCC1CCN(c2cc(C(=O)NCC3CCC(CNC(=O)O)CC3)c3ccccc3n2)CC1. The van der Waals surface area contributed by atoms with E-state index in [1.54, 1.807) is 6.92 Å². The maximum absolute atomic E-state index is 13.3. The highest BCUT2D eigenvalue weighted by molar-refractivity contribution is 6.07. The van der Waals surface area contributed by atoms with Gasteiger partial charge in [-0.3, -0.25) is 9.59 Å². The van der Waals surface area contributed by atoms with Gasteiger partial charge in [0.1, 0.15) is 5.82 Å². The van der Waals surface area contributed by atoms with Crippen LogP contribution in [0, 0.1) is 17.8 Å². The highest BCUT2D eigenvalue weighted by Crippen LogP contribution is 2.29. The number of hydrogen-bond acceptors (Lipinski definition) is 5. The number of nitrogens with zero attached hydrogens (tertiary/aromatic N) is 2. The molecule has 1 aromatic carbocycles. The lowest BCUT2D eigenvalue weighted by Crippen LogP contribution is -2.36. The summed E-state index contributed by atoms with van der Waals surface area (Å²) < 4.78 is 0. The standard InChI is InChI=1S/C28H39N5O4/c1-19(34)29-13-10-20-11-14-33(15-12-20)26-16-24(23-4-2-3-5-25(23)32-26)27(35)30-17-21-6-8-22(9-7-21)18-31-28(36)37/h2-5,16,20-22,31H,6-15,17-18H2,1H3,(H,29,34)(H,30,35)(H,36,37). The third-order valence-corrected chi connectivity index (χ3v) is 7.87. The van der Waals surface area contributed by atoms with Gasteiger partial charge in [0.15, 0.2) is 0 Å². The maximum Gasteiger partial charge on any atom is 0.404 e. The van der Waals surface area contributed by atoms with Crippen LogP contribution in [0.25, 0.3) is 10.9 Å². The van der Waals surface area contributed by atoms with Crippen molar-refractivity contribution in [1.82, 2.24) is 20.9 Å². The first-order valence-electron chi connectivity index (χ1n) is 13.5. The van der Waals surface area contributed by atoms with Crippen LogP contribution < -0.4 is 20.9 Å². The number of amides is 3. The van der Waals surface area contributed by atoms with Crippen LogP contribution >= 0.6 is 0 Å². The lowest BCUT2D eigenvalue weighted by atomic mass is 9.82. The molecular weight excluding hydrogens is 470 g/mol. The molecule has 4 rings (SSSR count). The molecule has 200 valence electrons. The van der Waals surface area contributed by atoms with E-state index in [9.17, 15) is 14.4 Å². The molecule has 1 aliphatic heterocycles. The number of piperidine rings is 1. The minimum atomic E-state index is -0.968. The Hall–Kier alpha value is -3.36. The maximum atomic E-state index is 13.3. The van der Waals surface area contributed by atoms with Crippen LogP contribution in [0.2, 0.25) is 0 Å². The molecule has 2 heterocycles. The lowest BCUT2D eigenvalue weighted by molar-refractivity contribution is -0.119. The molecule has 2 aromatic rings. The number of anilines is 1. The van der Waals surface area contributed by atoms with Crippen LogP contribution in [0.4, 0.5) is 10.6 Å². The fraction of sp³-hybridized carbons (Fsp3) is 0.571. The van der Waals surface area contributed by atoms with Gasteiger partial charge in [0, 0.05) is 45.0 Å². The van der Waals surface area contributed by atoms with Gasteiger partial charge in [0.2, 0.25) is 5.91 Å². The first kappa shape index (κ1) is 26.7. The molecule has 0 bridgehead atoms. The molecule has 1 aliphatic carbocycles. The van der Waals surface area contributed by atoms with Gasteiger partial charge in [0.25, 0.3) is 5.91 Å². The van der Waals surface area contributed by atoms with Gasteiger partial charge in [-0.25, -0.2) is 9.78 Å². The summed E-state index contributed by atoms with van der Waals surface area (Å²) in [4.78, 5) is 42.3. The second-order valence-corrected chi connectivity index (χ2v) is 10.5. The molecule has 3 amide bonds. The summed E-state index contributed by atoms with van der Waals surface area (Å²) in [6.45, 7) is 5.18. The Balaban J connectivity index is 1.35. The van der Waals surface area contributed by atoms with Crippen LogP contribution in [0.5, 0.6) is 0 Å². The Morgan fingerprint density at radius 1 is 0.919 bits per heavy atom. The van der Waals surface area contributed by atoms with Crippen molar-refractivity contribution in [3.8, 4) is 0 Å². The monoisotopic (exact) mass is 509 g/mol. The number of fused-ring (bicyclic) bond motifs is 1. The van der Waals surface area contributed by atoms with Crippen molar-refractivity contribution in [2.24, 2.45) is 17.8 Å². The molecule has 9 heteroatoms. The number of carbonyl (C=O) groups is 3. The first-order chi connectivity index (χ1) is 17.9. The summed E-state index contributed by atoms with van der Waals surface area (Å²) in [5.74, 6) is 2.17. The summed E-state index contributed by atoms with van der Waals surface area (Å²) in [5, 5.41) is 18.2. The number of pyridine rings is 1. The normalized spacial score (nSPS) is 20.4. The highest BCUT2D eigenvalue weighted by atomic mass is 16.4. The minimum absolute atomic E-state index is 0.0179. The summed E-state index contributed by atoms with van der Waals surface area (Å²) >= 11 is 0. The van der Waals surface area contributed by atoms with Crippen LogP contribution in [0.1, 0.15) is 62.2 Å². The summed E-state index contributed by atoms with van der Waals surface area (Å²) in [7, 11) is 0. The van der Waals surface area contributed by atoms with Gasteiger partial charge in [-0.05, 0) is 74.8 Å². The van der Waals surface area contributed by atoms with E-state index in [1.165, 1.54) is 0 Å². The molecule has 0 unspecified atom stereocenters. The highest BCUT2D eigenvalue weighted by Gasteiger charge is 2.24. The second kappa shape index (κ2) is 12.7. The van der Waals surface area contributed by atoms with E-state index in [0.717, 1.165) is 81.3 Å². The van der Waals surface area contributed by atoms with E-state index in [0.29, 0.717) is 36.4 Å². The third kappa shape index (κ3) is 7.57. The van der Waals surface area contributed by atoms with Crippen molar-refractivity contribution in [3.05, 3.63) is 35.9 Å². The molecule has 0 atom stereocenters. The fourth-order valence-electron chi connectivity index (χ4n) is 5.62. The second-order valence-electron chi connectivity index (χ2n) is 10.5. The molecule has 37 heavy (non-hydrogen) atoms. The molecular formula is C28H39N5O4. The van der Waals surface area contributed by atoms with Crippen molar-refractivity contribution >= 4 is 34.6 Å². The number of rotatable bonds is 9. The number of para-hydroxylation sites is 1. The van der Waals surface area contributed by atoms with Crippen LogP contribution in [0.3, 0.4) is 0 Å². The minimum Gasteiger partial charge on any atom is -0.465 e. The molecule has 1 saturated heterocycles. The molecule has 2 aliphatic rings. The zero-order chi connectivity index (χ0) is 26.2. The molecule has 2 fully saturated rings. The van der Waals surface area contributed by atoms with E-state index in [2.05, 4.69) is 20.9 Å². The predicted molar refractivity (Wildman–Crippen MR) is 144 cm³/mol. The van der Waals surface area contributed by atoms with E-state index in [1.807, 2.05) is 30.3 Å². The van der Waals surface area contributed by atoms with Gasteiger partial charge in [0.05, 0.1) is 11.1 Å². The predicted octanol–water partition coefficient (Wildman–Crippen LogP) is 3.78. The number of benzene rings is 1. The molecule has 9 nitrogen and oxygen atoms in total. The van der Waals surface area contributed by atoms with E-state index in [-0.39, 0.29) is 11.8 Å². The van der Waals surface area contributed by atoms with E-state index < -0.39 is 6.09 Å². The van der Waals surface area contributed by atoms with Crippen LogP contribution in [-0.4, -0.2) is 60.7 Å². The van der Waals surface area contributed by atoms with Gasteiger partial charge in [-0.2, -0.15) is 0 Å². The quantitative estimate of drug-likeness (QED) is 0.408. The molecule has 1 saturated carbocycles. The van der Waals surface area contributed by atoms with E-state index in [4.69, 9.17) is 10.1 Å². The average Bonchev–Trinajstić information content (AvgIpc) is 2.90. The summed E-state index contributed by atoms with van der Waals surface area (Å²) in [5.41, 5.74) is 1.48. The van der Waals surface area contributed by atoms with Crippen molar-refractivity contribution in [2.75, 3.05) is 37.6 Å². The largest absolute Gasteiger partial charge is 0.465 e. The zero-order valence-corrected chi connectivity index (χ0v) is 21.7. The number of carbonyl (C=O) groups excluding carboxylic acids is 2. The molecule has 4 N–H and O–H groups in total. The number of hydrogen-bond donors (Lipinski definition) is 4. The number of nitrogens with one attached hydrogen (secondary N) is 3. The van der Waals surface area contributed by atoms with Gasteiger partial charge in [-0.1, -0.05) is 18.2 Å². The third-order valence-electron chi connectivity index (χ3n) is 7.87. The summed E-state index contributed by atoms with van der Waals surface area (Å²) in [6.07, 6.45) is 6.04. The zero-order valence-electron chi connectivity index (χ0n) is 21.7. The summed E-state index contributed by atoms with van der Waals surface area (Å²) in [6, 6.07) is 9.74. The fourth-order valence-corrected chi connectivity index (χ4v) is 5.62. The Bertz CT molecular complexity index is 1090. The van der Waals surface area contributed by atoms with Crippen molar-refractivity contribution in [1.29, 1.82) is 0 Å². The van der Waals surface area contributed by atoms with Crippen molar-refractivity contribution in [2.45, 2.75) is 51.9 Å². The average molecular weight is 510 g/mol. The molecule has 0 spiro atoms. The Morgan fingerprint density at radius 2 is 1.57 bits per heavy atom. The van der Waals surface area contributed by atoms with Gasteiger partial charge in [-0.15, -0.1) is 0 Å². The van der Waals surface area contributed by atoms with Crippen molar-refractivity contribution in [3.63, 3.8) is 0 Å². The van der Waals surface area contributed by atoms with Gasteiger partial charge >= 0.3 is 6.09 Å². The number of aromatic nitrogens is 1. The number of carboxylic acid groups (broad SMARTS) is 1. The topological polar surface area (TPSA) is 124 Å². The molecule has 0 radical (unpaired) electrons.